The number of halogens is 1. The topological polar surface area (TPSA) is 110 Å². The van der Waals surface area contributed by atoms with Crippen molar-refractivity contribution >= 4 is 49.7 Å². The van der Waals surface area contributed by atoms with E-state index in [1.807, 2.05) is 37.8 Å². The lowest BCUT2D eigenvalue weighted by Crippen LogP contribution is -2.07. The zero-order valence-electron chi connectivity index (χ0n) is 30.5. The Bertz CT molecular complexity index is 2600. The Balaban J connectivity index is 0.000000157. The van der Waals surface area contributed by atoms with Gasteiger partial charge in [-0.05, 0) is 137 Å². The summed E-state index contributed by atoms with van der Waals surface area (Å²) in [6.07, 6.45) is 13.3. The van der Waals surface area contributed by atoms with Gasteiger partial charge in [0.1, 0.15) is 0 Å². The highest BCUT2D eigenvalue weighted by Crippen LogP contribution is 2.41. The monoisotopic (exact) mass is 780 g/mol. The molecule has 0 atom stereocenters. The molecule has 2 fully saturated rings. The van der Waals surface area contributed by atoms with Crippen LogP contribution in [0.1, 0.15) is 97.4 Å². The van der Waals surface area contributed by atoms with E-state index in [9.17, 15) is 19.8 Å². The Labute approximate surface area is 322 Å². The summed E-state index contributed by atoms with van der Waals surface area (Å²) in [7, 11) is 4.06. The summed E-state index contributed by atoms with van der Waals surface area (Å²) in [6, 6.07) is 24.8. The summed E-state index contributed by atoms with van der Waals surface area (Å²) in [5.41, 5.74) is 12.0. The van der Waals surface area contributed by atoms with Crippen LogP contribution in [0.4, 0.5) is 0 Å². The average molecular weight is 782 g/mol. The molecular formula is C45H41BrN4O4. The van der Waals surface area contributed by atoms with Crippen LogP contribution in [0, 0.1) is 6.92 Å². The maximum Gasteiger partial charge on any atom is 0.337 e. The predicted octanol–water partition coefficient (Wildman–Crippen LogP) is 10.2. The van der Waals surface area contributed by atoms with Crippen molar-refractivity contribution in [1.29, 1.82) is 0 Å². The van der Waals surface area contributed by atoms with Gasteiger partial charge in [-0.1, -0.05) is 29.8 Å². The number of fused-ring (bicyclic) bond motifs is 2. The molecule has 0 aliphatic heterocycles. The molecule has 2 N–H and O–H groups in total. The number of aryl methyl sites for hydroxylation is 3. The Kier molecular flexibility index (Phi) is 9.44. The lowest BCUT2D eigenvalue weighted by molar-refractivity contribution is 0.0684. The average Bonchev–Trinajstić information content (AvgIpc) is 4.09. The smallest absolute Gasteiger partial charge is 0.337 e. The fourth-order valence-electron chi connectivity index (χ4n) is 7.52. The van der Waals surface area contributed by atoms with E-state index in [4.69, 9.17) is 0 Å². The number of carbonyl (C=O) groups is 2. The largest absolute Gasteiger partial charge is 0.478 e. The van der Waals surface area contributed by atoms with Gasteiger partial charge in [-0.15, -0.1) is 0 Å². The molecule has 272 valence electrons. The third-order valence-corrected chi connectivity index (χ3v) is 11.2. The molecule has 2 aliphatic rings. The van der Waals surface area contributed by atoms with Crippen LogP contribution >= 0.6 is 15.9 Å². The molecule has 0 bridgehead atoms. The second-order valence-electron chi connectivity index (χ2n) is 14.9. The maximum absolute atomic E-state index is 11.9. The zero-order valence-corrected chi connectivity index (χ0v) is 32.1. The number of rotatable bonds is 9. The van der Waals surface area contributed by atoms with Gasteiger partial charge in [-0.3, -0.25) is 9.97 Å². The first-order chi connectivity index (χ1) is 26.0. The standard InChI is InChI=1S/C26H24N2O2.C19H17BrN2O2/c1-16-4-3-5-19(10-16)22-12-17(11-20-8-9-28(2)25(20)22)13-24-23(26(29)30)14-21(15-27-24)18-6-7-18;1-22-5-4-13-6-11(7-16(20)18(13)22)8-17-15(19(23)24)9-14(10-21-17)12-2-3-12/h3-5,8-12,14-15,18H,6-7,13H2,1-2H3,(H,29,30);4-7,9-10,12H,2-3,8H2,1H3,(H,23,24). The second-order valence-corrected chi connectivity index (χ2v) is 15.7. The van der Waals surface area contributed by atoms with Gasteiger partial charge in [0.2, 0.25) is 0 Å². The van der Waals surface area contributed by atoms with Crippen molar-refractivity contribution in [1.82, 2.24) is 19.1 Å². The molecule has 4 heterocycles. The lowest BCUT2D eigenvalue weighted by Gasteiger charge is -2.12. The molecule has 0 saturated heterocycles. The number of pyridine rings is 2. The predicted molar refractivity (Wildman–Crippen MR) is 216 cm³/mol. The van der Waals surface area contributed by atoms with Gasteiger partial charge in [0.25, 0.3) is 0 Å². The van der Waals surface area contributed by atoms with E-state index in [1.165, 1.54) is 16.6 Å². The Morgan fingerprint density at radius 1 is 0.704 bits per heavy atom. The Morgan fingerprint density at radius 3 is 1.74 bits per heavy atom. The summed E-state index contributed by atoms with van der Waals surface area (Å²) in [5, 5.41) is 21.6. The SMILES string of the molecule is Cc1cccc(-c2cc(Cc3ncc(C4CC4)cc3C(=O)O)cc3ccn(C)c23)c1.Cn1ccc2cc(Cc3ncc(C4CC4)cc3C(=O)O)cc(Br)c21. The van der Waals surface area contributed by atoms with Crippen LogP contribution in [-0.4, -0.2) is 41.3 Å². The van der Waals surface area contributed by atoms with Crippen molar-refractivity contribution < 1.29 is 19.8 Å². The molecular weight excluding hydrogens is 740 g/mol. The molecule has 2 aliphatic carbocycles. The first kappa shape index (κ1) is 35.5. The van der Waals surface area contributed by atoms with E-state index >= 15 is 0 Å². The molecule has 9 rings (SSSR count). The summed E-state index contributed by atoms with van der Waals surface area (Å²) in [5.74, 6) is -0.822. The van der Waals surface area contributed by atoms with Gasteiger partial charge in [-0.2, -0.15) is 0 Å². The third kappa shape index (κ3) is 7.33. The zero-order chi connectivity index (χ0) is 37.7. The van der Waals surface area contributed by atoms with Crippen molar-refractivity contribution in [2.45, 2.75) is 57.3 Å². The molecule has 7 aromatic rings. The summed E-state index contributed by atoms with van der Waals surface area (Å²) >= 11 is 3.62. The van der Waals surface area contributed by atoms with Crippen LogP contribution in [0.5, 0.6) is 0 Å². The molecule has 8 nitrogen and oxygen atoms in total. The van der Waals surface area contributed by atoms with Gasteiger partial charge in [0.05, 0.1) is 33.5 Å². The van der Waals surface area contributed by atoms with Crippen LogP contribution < -0.4 is 0 Å². The molecule has 0 radical (unpaired) electrons. The van der Waals surface area contributed by atoms with Crippen LogP contribution in [0.2, 0.25) is 0 Å². The van der Waals surface area contributed by atoms with Crippen molar-refractivity contribution in [3.63, 3.8) is 0 Å². The minimum atomic E-state index is -0.903. The van der Waals surface area contributed by atoms with Crippen LogP contribution in [0.3, 0.4) is 0 Å². The van der Waals surface area contributed by atoms with Crippen LogP contribution in [-0.2, 0) is 26.9 Å². The number of nitrogens with zero attached hydrogens (tertiary/aromatic N) is 4. The van der Waals surface area contributed by atoms with Crippen LogP contribution in [0.15, 0.2) is 102 Å². The number of benzene rings is 3. The summed E-state index contributed by atoms with van der Waals surface area (Å²) < 4.78 is 5.21. The van der Waals surface area contributed by atoms with E-state index in [1.54, 1.807) is 6.07 Å². The number of carboxylic acids is 2. The van der Waals surface area contributed by atoms with Gasteiger partial charge >= 0.3 is 11.9 Å². The van der Waals surface area contributed by atoms with E-state index in [-0.39, 0.29) is 0 Å². The summed E-state index contributed by atoms with van der Waals surface area (Å²) in [6.45, 7) is 2.10. The van der Waals surface area contributed by atoms with Gasteiger partial charge in [0.15, 0.2) is 0 Å². The molecule has 0 unspecified atom stereocenters. The van der Waals surface area contributed by atoms with Gasteiger partial charge < -0.3 is 19.3 Å². The second kappa shape index (κ2) is 14.4. The Morgan fingerprint density at radius 2 is 1.22 bits per heavy atom. The van der Waals surface area contributed by atoms with Gasteiger partial charge in [0, 0.05) is 72.5 Å². The molecule has 54 heavy (non-hydrogen) atoms. The fraction of sp³-hybridized carbons (Fsp3) is 0.244. The number of hydrogen-bond donors (Lipinski definition) is 2. The van der Waals surface area contributed by atoms with E-state index < -0.39 is 11.9 Å². The third-order valence-electron chi connectivity index (χ3n) is 10.6. The first-order valence-corrected chi connectivity index (χ1v) is 19.1. The number of aromatic nitrogens is 4. The fourth-order valence-corrected chi connectivity index (χ4v) is 8.33. The molecule has 2 saturated carbocycles. The maximum atomic E-state index is 11.9. The van der Waals surface area contributed by atoms with E-state index in [2.05, 4.69) is 110 Å². The number of hydrogen-bond acceptors (Lipinski definition) is 4. The molecule has 4 aromatic heterocycles. The van der Waals surface area contributed by atoms with E-state index in [0.717, 1.165) is 74.3 Å². The van der Waals surface area contributed by atoms with Crippen LogP contribution in [0.25, 0.3) is 32.9 Å². The highest BCUT2D eigenvalue weighted by Gasteiger charge is 2.27. The lowest BCUT2D eigenvalue weighted by atomic mass is 9.95. The number of carboxylic acid groups (broad SMARTS) is 2. The van der Waals surface area contributed by atoms with E-state index in [0.29, 0.717) is 47.2 Å². The van der Waals surface area contributed by atoms with Crippen molar-refractivity contribution in [3.05, 3.63) is 152 Å². The van der Waals surface area contributed by atoms with Gasteiger partial charge in [-0.25, -0.2) is 9.59 Å². The molecule has 9 heteroatoms. The number of aromatic carboxylic acids is 2. The summed E-state index contributed by atoms with van der Waals surface area (Å²) in [4.78, 5) is 32.6. The normalized spacial score (nSPS) is 13.9. The van der Waals surface area contributed by atoms with Crippen molar-refractivity contribution in [3.8, 4) is 11.1 Å². The van der Waals surface area contributed by atoms with Crippen molar-refractivity contribution in [2.24, 2.45) is 14.1 Å². The van der Waals surface area contributed by atoms with Crippen molar-refractivity contribution in [2.75, 3.05) is 0 Å². The molecule has 0 amide bonds. The molecule has 3 aromatic carbocycles. The minimum absolute atomic E-state index is 0.323. The quantitative estimate of drug-likeness (QED) is 0.151. The Hall–Kier alpha value is -5.54. The molecule has 0 spiro atoms. The highest BCUT2D eigenvalue weighted by atomic mass is 79.9. The highest BCUT2D eigenvalue weighted by molar-refractivity contribution is 9.10. The first-order valence-electron chi connectivity index (χ1n) is 18.3. The minimum Gasteiger partial charge on any atom is -0.478 e.